The third kappa shape index (κ3) is 3.26. The van der Waals surface area contributed by atoms with Gasteiger partial charge in [0.2, 0.25) is 0 Å². The van der Waals surface area contributed by atoms with Gasteiger partial charge in [-0.05, 0) is 36.5 Å². The molecule has 3 aromatic carbocycles. The summed E-state index contributed by atoms with van der Waals surface area (Å²) in [5.41, 5.74) is 5.32. The average Bonchev–Trinajstić information content (AvgIpc) is 3.32. The minimum atomic E-state index is -0.0294. The van der Waals surface area contributed by atoms with Crippen LogP contribution in [0, 0.1) is 11.8 Å². The molecule has 1 saturated heterocycles. The molecule has 0 saturated carbocycles. The first-order valence-corrected chi connectivity index (χ1v) is 12.6. The van der Waals surface area contributed by atoms with E-state index in [9.17, 15) is 4.79 Å². The Labute approximate surface area is 209 Å². The van der Waals surface area contributed by atoms with E-state index in [-0.39, 0.29) is 5.78 Å². The van der Waals surface area contributed by atoms with Gasteiger partial charge in [0.05, 0.1) is 22.3 Å². The van der Waals surface area contributed by atoms with Gasteiger partial charge >= 0.3 is 0 Å². The highest BCUT2D eigenvalue weighted by Gasteiger charge is 2.35. The smallest absolute Gasteiger partial charge is 0.196 e. The van der Waals surface area contributed by atoms with E-state index in [4.69, 9.17) is 14.0 Å². The third-order valence-electron chi connectivity index (χ3n) is 7.41. The Balaban J connectivity index is 1.43. The number of hydrogen-bond donors (Lipinski definition) is 1. The van der Waals surface area contributed by atoms with Crippen LogP contribution in [0.5, 0.6) is 11.5 Å². The maximum Gasteiger partial charge on any atom is 0.196 e. The highest BCUT2D eigenvalue weighted by molar-refractivity contribution is 6.28. The fourth-order valence-corrected chi connectivity index (χ4v) is 6.02. The monoisotopic (exact) mass is 481 g/mol. The molecule has 1 fully saturated rings. The summed E-state index contributed by atoms with van der Waals surface area (Å²) in [6.45, 7) is 7.52. The van der Waals surface area contributed by atoms with Gasteiger partial charge < -0.3 is 24.2 Å². The Morgan fingerprint density at radius 3 is 2.50 bits per heavy atom. The van der Waals surface area contributed by atoms with E-state index in [1.807, 2.05) is 42.5 Å². The van der Waals surface area contributed by atoms with Gasteiger partial charge in [-0.1, -0.05) is 43.3 Å². The molecule has 0 bridgehead atoms. The number of anilines is 3. The maximum atomic E-state index is 13.9. The number of rotatable bonds is 3. The first-order chi connectivity index (χ1) is 17.6. The standard InChI is InChI=1S/C29H27N3O4/c1-16-11-17(2)15-32(14-16)22-13-21(30-18-7-8-23-24(12-18)35-10-9-34-23)25-26-27(22)31-36-29(26)20-6-4-3-5-19(20)28(25)33/h3-8,12-13,16-17,30H,9-11,14-15H2,1-2H3/t16-,17+. The number of ether oxygens (including phenoxy) is 2. The molecule has 0 spiro atoms. The van der Waals surface area contributed by atoms with Gasteiger partial charge in [-0.25, -0.2) is 0 Å². The zero-order valence-electron chi connectivity index (χ0n) is 20.3. The second-order valence-electron chi connectivity index (χ2n) is 10.3. The molecule has 1 aliphatic carbocycles. The number of nitrogens with one attached hydrogen (secondary N) is 1. The first kappa shape index (κ1) is 21.3. The Morgan fingerprint density at radius 1 is 0.944 bits per heavy atom. The zero-order chi connectivity index (χ0) is 24.4. The predicted octanol–water partition coefficient (Wildman–Crippen LogP) is 6.04. The van der Waals surface area contributed by atoms with Crippen LogP contribution in [0.1, 0.15) is 36.2 Å². The van der Waals surface area contributed by atoms with E-state index in [1.54, 1.807) is 0 Å². The number of aromatic nitrogens is 1. The number of benzene rings is 3. The van der Waals surface area contributed by atoms with Crippen LogP contribution in [0.3, 0.4) is 0 Å². The number of ketones is 1. The highest BCUT2D eigenvalue weighted by atomic mass is 16.6. The fourth-order valence-electron chi connectivity index (χ4n) is 6.02. The lowest BCUT2D eigenvalue weighted by atomic mass is 9.85. The van der Waals surface area contributed by atoms with Gasteiger partial charge in [-0.15, -0.1) is 0 Å². The van der Waals surface area contributed by atoms with Crippen LogP contribution in [0.4, 0.5) is 17.1 Å². The molecule has 7 heteroatoms. The summed E-state index contributed by atoms with van der Waals surface area (Å²) in [5, 5.41) is 8.83. The van der Waals surface area contributed by atoms with E-state index in [0.717, 1.165) is 52.4 Å². The predicted molar refractivity (Wildman–Crippen MR) is 139 cm³/mol. The molecule has 2 atom stereocenters. The SMILES string of the molecule is C[C@@H]1C[C@H](C)CN(c2cc(Nc3ccc4c(c3)OCCO4)c3c4c(onc24)-c2ccccc2C3=O)C1. The molecule has 0 radical (unpaired) electrons. The number of carbonyl (C=O) groups is 1. The van der Waals surface area contributed by atoms with Gasteiger partial charge in [0.25, 0.3) is 0 Å². The molecule has 3 heterocycles. The topological polar surface area (TPSA) is 76.8 Å². The third-order valence-corrected chi connectivity index (χ3v) is 7.41. The molecule has 182 valence electrons. The van der Waals surface area contributed by atoms with Crippen LogP contribution in [-0.4, -0.2) is 37.2 Å². The summed E-state index contributed by atoms with van der Waals surface area (Å²) in [5.74, 6) is 3.19. The molecule has 0 unspecified atom stereocenters. The first-order valence-electron chi connectivity index (χ1n) is 12.6. The minimum absolute atomic E-state index is 0.0294. The van der Waals surface area contributed by atoms with Crippen molar-refractivity contribution < 1.29 is 18.8 Å². The van der Waals surface area contributed by atoms with Crippen molar-refractivity contribution in [1.82, 2.24) is 5.16 Å². The van der Waals surface area contributed by atoms with Crippen LogP contribution in [-0.2, 0) is 0 Å². The second kappa shape index (κ2) is 8.01. The number of piperidine rings is 1. The Morgan fingerprint density at radius 2 is 1.69 bits per heavy atom. The number of nitrogens with zero attached hydrogens (tertiary/aromatic N) is 2. The number of carbonyl (C=O) groups excluding carboxylic acids is 1. The molecule has 7 nitrogen and oxygen atoms in total. The molecule has 1 aromatic heterocycles. The van der Waals surface area contributed by atoms with Gasteiger partial charge in [0.15, 0.2) is 23.0 Å². The summed E-state index contributed by atoms with van der Waals surface area (Å²) < 4.78 is 17.4. The van der Waals surface area contributed by atoms with Crippen molar-refractivity contribution in [2.45, 2.75) is 20.3 Å². The zero-order valence-corrected chi connectivity index (χ0v) is 20.3. The van der Waals surface area contributed by atoms with Crippen LogP contribution in [0.2, 0.25) is 0 Å². The van der Waals surface area contributed by atoms with E-state index >= 15 is 0 Å². The van der Waals surface area contributed by atoms with Gasteiger partial charge in [0, 0.05) is 36.0 Å². The summed E-state index contributed by atoms with van der Waals surface area (Å²) in [7, 11) is 0. The molecule has 4 aromatic rings. The Kier molecular flexibility index (Phi) is 4.74. The lowest BCUT2D eigenvalue weighted by Gasteiger charge is -2.37. The summed E-state index contributed by atoms with van der Waals surface area (Å²) in [6.07, 6.45) is 1.20. The second-order valence-corrected chi connectivity index (χ2v) is 10.3. The van der Waals surface area contributed by atoms with Crippen molar-refractivity contribution in [2.24, 2.45) is 11.8 Å². The Hall–Kier alpha value is -4.00. The van der Waals surface area contributed by atoms with Gasteiger partial charge in [-0.2, -0.15) is 0 Å². The molecule has 0 amide bonds. The van der Waals surface area contributed by atoms with Gasteiger partial charge in [-0.3, -0.25) is 4.79 Å². The van der Waals surface area contributed by atoms with Crippen molar-refractivity contribution in [2.75, 3.05) is 36.5 Å². The fraction of sp³-hybridized carbons (Fsp3) is 0.310. The van der Waals surface area contributed by atoms with Crippen molar-refractivity contribution in [3.63, 3.8) is 0 Å². The normalized spacial score (nSPS) is 20.4. The van der Waals surface area contributed by atoms with E-state index < -0.39 is 0 Å². The average molecular weight is 482 g/mol. The summed E-state index contributed by atoms with van der Waals surface area (Å²) in [6, 6.07) is 15.4. The largest absolute Gasteiger partial charge is 0.486 e. The molecular weight excluding hydrogens is 454 g/mol. The van der Waals surface area contributed by atoms with Crippen molar-refractivity contribution in [3.05, 3.63) is 59.7 Å². The molecule has 7 rings (SSSR count). The van der Waals surface area contributed by atoms with Crippen molar-refractivity contribution in [3.8, 4) is 22.8 Å². The van der Waals surface area contributed by atoms with Crippen LogP contribution >= 0.6 is 0 Å². The van der Waals surface area contributed by atoms with Crippen LogP contribution < -0.4 is 19.7 Å². The lowest BCUT2D eigenvalue weighted by molar-refractivity contribution is 0.104. The van der Waals surface area contributed by atoms with Crippen LogP contribution in [0.15, 0.2) is 53.1 Å². The lowest BCUT2D eigenvalue weighted by Crippen LogP contribution is -2.39. The molecule has 2 aliphatic heterocycles. The van der Waals surface area contributed by atoms with E-state index in [2.05, 4.69) is 35.3 Å². The summed E-state index contributed by atoms with van der Waals surface area (Å²) in [4.78, 5) is 16.3. The van der Waals surface area contributed by atoms with Gasteiger partial charge in [0.1, 0.15) is 18.7 Å². The van der Waals surface area contributed by atoms with E-state index in [0.29, 0.717) is 47.7 Å². The number of hydrogen-bond acceptors (Lipinski definition) is 7. The van der Waals surface area contributed by atoms with Crippen molar-refractivity contribution in [1.29, 1.82) is 0 Å². The molecular formula is C29H27N3O4. The summed E-state index contributed by atoms with van der Waals surface area (Å²) >= 11 is 0. The van der Waals surface area contributed by atoms with Crippen LogP contribution in [0.25, 0.3) is 22.2 Å². The number of fused-ring (bicyclic) bond motifs is 3. The molecule has 36 heavy (non-hydrogen) atoms. The van der Waals surface area contributed by atoms with Crippen molar-refractivity contribution >= 4 is 33.7 Å². The Bertz CT molecular complexity index is 1510. The maximum absolute atomic E-state index is 13.9. The molecule has 1 N–H and O–H groups in total. The molecule has 3 aliphatic rings. The highest BCUT2D eigenvalue weighted by Crippen LogP contribution is 2.47. The van der Waals surface area contributed by atoms with E-state index in [1.165, 1.54) is 6.42 Å². The minimum Gasteiger partial charge on any atom is -0.486 e. The quantitative estimate of drug-likeness (QED) is 0.337.